The third-order valence-corrected chi connectivity index (χ3v) is 5.13. The van der Waals surface area contributed by atoms with Crippen LogP contribution < -0.4 is 5.32 Å². The van der Waals surface area contributed by atoms with Gasteiger partial charge in [-0.15, -0.1) is 0 Å². The number of nitrogens with zero attached hydrogens (tertiary/aromatic N) is 2. The molecule has 0 saturated heterocycles. The predicted octanol–water partition coefficient (Wildman–Crippen LogP) is 3.74. The number of carbonyl (C=O) groups excluding carboxylic acids is 3. The first-order valence-corrected chi connectivity index (χ1v) is 9.50. The molecule has 3 rings (SSSR count). The van der Waals surface area contributed by atoms with Crippen molar-refractivity contribution in [3.63, 3.8) is 0 Å². The smallest absolute Gasteiger partial charge is 0.263 e. The molecule has 0 bridgehead atoms. The monoisotopic (exact) mass is 413 g/mol. The molecule has 0 aromatic heterocycles. The highest BCUT2D eigenvalue weighted by Crippen LogP contribution is 2.30. The van der Waals surface area contributed by atoms with Crippen molar-refractivity contribution in [3.05, 3.63) is 52.1 Å². The van der Waals surface area contributed by atoms with E-state index in [1.165, 1.54) is 6.08 Å². The van der Waals surface area contributed by atoms with E-state index in [0.717, 1.165) is 4.90 Å². The molecule has 28 heavy (non-hydrogen) atoms. The van der Waals surface area contributed by atoms with Crippen LogP contribution in [0, 0.1) is 11.3 Å². The van der Waals surface area contributed by atoms with Crippen LogP contribution in [0.1, 0.15) is 46.4 Å². The Labute approximate surface area is 172 Å². The fourth-order valence-electron chi connectivity index (χ4n) is 3.07. The standard InChI is InChI=1S/C20H16ClN3O3S/c21-12-7-8-16(28)14(11-12)18(25)23-15-6-4-5-13-17(15)20(27)24(19(13)26)10-3-1-2-9-22/h4-7,11H,1-3,8,10H2,(H,23,25). The highest BCUT2D eigenvalue weighted by Gasteiger charge is 2.37. The molecule has 0 spiro atoms. The van der Waals surface area contributed by atoms with Crippen LogP contribution in [0.4, 0.5) is 5.69 Å². The summed E-state index contributed by atoms with van der Waals surface area (Å²) < 4.78 is 0. The van der Waals surface area contributed by atoms with Crippen molar-refractivity contribution in [1.29, 1.82) is 5.26 Å². The molecular formula is C20H16ClN3O3S. The largest absolute Gasteiger partial charge is 0.321 e. The number of rotatable bonds is 6. The van der Waals surface area contributed by atoms with Gasteiger partial charge < -0.3 is 5.32 Å². The second kappa shape index (κ2) is 8.46. The van der Waals surface area contributed by atoms with E-state index in [1.807, 2.05) is 6.07 Å². The molecule has 1 aliphatic heterocycles. The maximum absolute atomic E-state index is 12.8. The fraction of sp³-hybridized carbons (Fsp3) is 0.250. The summed E-state index contributed by atoms with van der Waals surface area (Å²) in [5, 5.41) is 11.7. The molecule has 3 amide bonds. The lowest BCUT2D eigenvalue weighted by Crippen LogP contribution is -2.31. The van der Waals surface area contributed by atoms with Crippen LogP contribution in [0.15, 0.2) is 41.0 Å². The number of halogens is 1. The zero-order chi connectivity index (χ0) is 20.3. The summed E-state index contributed by atoms with van der Waals surface area (Å²) in [5.41, 5.74) is 0.950. The van der Waals surface area contributed by atoms with Gasteiger partial charge in [0.2, 0.25) is 0 Å². The molecule has 0 saturated carbocycles. The first-order chi connectivity index (χ1) is 13.4. The number of anilines is 1. The Hall–Kier alpha value is -2.82. The molecule has 0 fully saturated rings. The molecule has 1 aliphatic carbocycles. The Morgan fingerprint density at radius 3 is 2.82 bits per heavy atom. The Morgan fingerprint density at radius 1 is 1.29 bits per heavy atom. The number of carbonyl (C=O) groups is 3. The number of hydrogen-bond acceptors (Lipinski definition) is 5. The molecule has 142 valence electrons. The number of thiocarbonyl (C=S) groups is 1. The average molecular weight is 414 g/mol. The van der Waals surface area contributed by atoms with Crippen molar-refractivity contribution >= 4 is 52.1 Å². The summed E-state index contributed by atoms with van der Waals surface area (Å²) in [6.07, 6.45) is 5.12. The molecule has 0 radical (unpaired) electrons. The van der Waals surface area contributed by atoms with E-state index in [9.17, 15) is 14.4 Å². The van der Waals surface area contributed by atoms with E-state index >= 15 is 0 Å². The molecule has 1 aromatic carbocycles. The number of nitriles is 1. The minimum Gasteiger partial charge on any atom is -0.321 e. The third-order valence-electron chi connectivity index (χ3n) is 4.48. The van der Waals surface area contributed by atoms with Gasteiger partial charge >= 0.3 is 0 Å². The normalized spacial score (nSPS) is 15.7. The quantitative estimate of drug-likeness (QED) is 0.436. The number of unbranched alkanes of at least 4 members (excludes halogenated alkanes) is 2. The molecule has 2 aliphatic rings. The topological polar surface area (TPSA) is 90.3 Å². The maximum atomic E-state index is 12.8. The van der Waals surface area contributed by atoms with Crippen LogP contribution in [0.25, 0.3) is 0 Å². The summed E-state index contributed by atoms with van der Waals surface area (Å²) in [7, 11) is 0. The van der Waals surface area contributed by atoms with Gasteiger partial charge in [0, 0.05) is 29.3 Å². The molecule has 0 unspecified atom stereocenters. The number of imide groups is 1. The Bertz CT molecular complexity index is 991. The molecule has 8 heteroatoms. The zero-order valence-electron chi connectivity index (χ0n) is 14.8. The van der Waals surface area contributed by atoms with E-state index in [2.05, 4.69) is 5.32 Å². The van der Waals surface area contributed by atoms with Crippen LogP contribution in [-0.2, 0) is 4.79 Å². The first-order valence-electron chi connectivity index (χ1n) is 8.72. The second-order valence-corrected chi connectivity index (χ2v) is 7.26. The molecule has 1 aromatic rings. The summed E-state index contributed by atoms with van der Waals surface area (Å²) in [5.74, 6) is -1.32. The van der Waals surface area contributed by atoms with Gasteiger partial charge in [-0.3, -0.25) is 19.3 Å². The van der Waals surface area contributed by atoms with Gasteiger partial charge in [0.25, 0.3) is 17.7 Å². The zero-order valence-corrected chi connectivity index (χ0v) is 16.4. The van der Waals surface area contributed by atoms with Gasteiger partial charge in [-0.2, -0.15) is 5.26 Å². The number of benzene rings is 1. The van der Waals surface area contributed by atoms with Gasteiger partial charge in [0.15, 0.2) is 0 Å². The van der Waals surface area contributed by atoms with Gasteiger partial charge in [0.05, 0.1) is 28.5 Å². The van der Waals surface area contributed by atoms with E-state index in [-0.39, 0.29) is 28.9 Å². The van der Waals surface area contributed by atoms with Crippen molar-refractivity contribution in [2.24, 2.45) is 0 Å². The van der Waals surface area contributed by atoms with Gasteiger partial charge in [-0.05, 0) is 31.1 Å². The lowest BCUT2D eigenvalue weighted by atomic mass is 10.0. The SMILES string of the molecule is N#CCCCCN1C(=O)c2cccc(NC(=O)C3=CC(Cl)=CCC3=S)c2C1=O. The van der Waals surface area contributed by atoms with Crippen molar-refractivity contribution in [2.75, 3.05) is 11.9 Å². The van der Waals surface area contributed by atoms with Crippen LogP contribution >= 0.6 is 23.8 Å². The number of nitrogens with one attached hydrogen (secondary N) is 1. The van der Waals surface area contributed by atoms with E-state index < -0.39 is 17.7 Å². The van der Waals surface area contributed by atoms with Crippen molar-refractivity contribution < 1.29 is 14.4 Å². The number of allylic oxidation sites excluding steroid dienone is 3. The van der Waals surface area contributed by atoms with E-state index in [1.54, 1.807) is 24.3 Å². The van der Waals surface area contributed by atoms with E-state index in [4.69, 9.17) is 29.1 Å². The number of hydrogen-bond donors (Lipinski definition) is 1. The molecule has 1 heterocycles. The third kappa shape index (κ3) is 3.88. The lowest BCUT2D eigenvalue weighted by Gasteiger charge is -2.15. The Morgan fingerprint density at radius 2 is 2.07 bits per heavy atom. The van der Waals surface area contributed by atoms with Crippen LogP contribution in [-0.4, -0.2) is 34.0 Å². The molecular weight excluding hydrogens is 398 g/mol. The fourth-order valence-corrected chi connectivity index (χ4v) is 3.50. The van der Waals surface area contributed by atoms with Crippen molar-refractivity contribution in [3.8, 4) is 6.07 Å². The second-order valence-electron chi connectivity index (χ2n) is 6.33. The highest BCUT2D eigenvalue weighted by atomic mass is 35.5. The van der Waals surface area contributed by atoms with Gasteiger partial charge in [-0.1, -0.05) is 36.0 Å². The highest BCUT2D eigenvalue weighted by molar-refractivity contribution is 7.81. The predicted molar refractivity (Wildman–Crippen MR) is 109 cm³/mol. The average Bonchev–Trinajstić information content (AvgIpc) is 2.92. The summed E-state index contributed by atoms with van der Waals surface area (Å²) in [4.78, 5) is 39.6. The van der Waals surface area contributed by atoms with E-state index in [0.29, 0.717) is 35.6 Å². The summed E-state index contributed by atoms with van der Waals surface area (Å²) in [6.45, 7) is 0.233. The van der Waals surface area contributed by atoms with Crippen LogP contribution in [0.3, 0.4) is 0 Å². The summed E-state index contributed by atoms with van der Waals surface area (Å²) >= 11 is 11.2. The molecule has 6 nitrogen and oxygen atoms in total. The maximum Gasteiger partial charge on any atom is 0.263 e. The first kappa shape index (κ1) is 19.9. The van der Waals surface area contributed by atoms with Crippen LogP contribution in [0.5, 0.6) is 0 Å². The minimum absolute atomic E-state index is 0.171. The van der Waals surface area contributed by atoms with Crippen LogP contribution in [0.2, 0.25) is 0 Å². The van der Waals surface area contributed by atoms with Crippen molar-refractivity contribution in [2.45, 2.75) is 25.7 Å². The molecule has 0 atom stereocenters. The lowest BCUT2D eigenvalue weighted by molar-refractivity contribution is -0.112. The van der Waals surface area contributed by atoms with Crippen molar-refractivity contribution in [1.82, 2.24) is 4.90 Å². The summed E-state index contributed by atoms with van der Waals surface area (Å²) in [6, 6.07) is 6.78. The Kier molecular flexibility index (Phi) is 6.02. The number of amides is 3. The molecule has 1 N–H and O–H groups in total. The number of fused-ring (bicyclic) bond motifs is 1. The van der Waals surface area contributed by atoms with Gasteiger partial charge in [0.1, 0.15) is 0 Å². The minimum atomic E-state index is -0.475. The van der Waals surface area contributed by atoms with Gasteiger partial charge in [-0.25, -0.2) is 0 Å². The Balaban J connectivity index is 1.82.